The van der Waals surface area contributed by atoms with Crippen LogP contribution in [0.5, 0.6) is 0 Å². The van der Waals surface area contributed by atoms with Crippen molar-refractivity contribution in [2.75, 3.05) is 26.3 Å². The van der Waals surface area contributed by atoms with Crippen molar-refractivity contribution in [1.82, 2.24) is 4.90 Å². The molecule has 20 heavy (non-hydrogen) atoms. The fourth-order valence-corrected chi connectivity index (χ4v) is 2.65. The van der Waals surface area contributed by atoms with Gasteiger partial charge < -0.3 is 9.84 Å². The lowest BCUT2D eigenvalue weighted by molar-refractivity contribution is -0.0667. The van der Waals surface area contributed by atoms with E-state index in [4.69, 9.17) is 4.74 Å². The van der Waals surface area contributed by atoms with E-state index in [0.29, 0.717) is 12.5 Å². The van der Waals surface area contributed by atoms with Crippen LogP contribution in [0.25, 0.3) is 0 Å². The first-order valence-electron chi connectivity index (χ1n) is 7.51. The normalized spacial score (nSPS) is 21.1. The molecule has 1 aromatic rings. The molecule has 1 heterocycles. The number of ether oxygens (including phenoxy) is 1. The molecule has 1 aliphatic rings. The van der Waals surface area contributed by atoms with Crippen molar-refractivity contribution in [2.24, 2.45) is 0 Å². The molecule has 1 aliphatic heterocycles. The number of rotatable bonds is 4. The number of aliphatic hydroxyl groups is 1. The third kappa shape index (κ3) is 3.60. The molecule has 3 heteroatoms. The molecule has 1 aromatic carbocycles. The Balaban J connectivity index is 2.02. The first-order chi connectivity index (χ1) is 9.40. The van der Waals surface area contributed by atoms with Gasteiger partial charge in [0.1, 0.15) is 0 Å². The molecule has 1 N–H and O–H groups in total. The molecule has 112 valence electrons. The summed E-state index contributed by atoms with van der Waals surface area (Å²) >= 11 is 0. The molecule has 0 saturated carbocycles. The quantitative estimate of drug-likeness (QED) is 0.918. The standard InChI is InChI=1S/C17H27NO2/c1-13(2)14-5-7-15(8-6-14)16(19)11-18-9-10-20-12-17(18,3)4/h5-8,13,16,19H,9-12H2,1-4H3. The zero-order valence-corrected chi connectivity index (χ0v) is 13.1. The molecule has 1 fully saturated rings. The average molecular weight is 277 g/mol. The van der Waals surface area contributed by atoms with E-state index < -0.39 is 6.10 Å². The van der Waals surface area contributed by atoms with E-state index in [1.807, 2.05) is 12.1 Å². The van der Waals surface area contributed by atoms with Crippen LogP contribution in [0.3, 0.4) is 0 Å². The highest BCUT2D eigenvalue weighted by atomic mass is 16.5. The van der Waals surface area contributed by atoms with Crippen molar-refractivity contribution in [2.45, 2.75) is 45.3 Å². The number of hydrogen-bond donors (Lipinski definition) is 1. The summed E-state index contributed by atoms with van der Waals surface area (Å²) in [6.45, 7) is 11.7. The Morgan fingerprint density at radius 1 is 1.20 bits per heavy atom. The van der Waals surface area contributed by atoms with Crippen LogP contribution < -0.4 is 0 Å². The minimum atomic E-state index is -0.436. The Kier molecular flexibility index (Phi) is 4.84. The molecular weight excluding hydrogens is 250 g/mol. The van der Waals surface area contributed by atoms with Crippen LogP contribution in [0.15, 0.2) is 24.3 Å². The van der Waals surface area contributed by atoms with Crippen molar-refractivity contribution >= 4 is 0 Å². The van der Waals surface area contributed by atoms with Crippen molar-refractivity contribution in [1.29, 1.82) is 0 Å². The van der Waals surface area contributed by atoms with Gasteiger partial charge >= 0.3 is 0 Å². The van der Waals surface area contributed by atoms with Crippen molar-refractivity contribution < 1.29 is 9.84 Å². The van der Waals surface area contributed by atoms with Crippen molar-refractivity contribution in [3.8, 4) is 0 Å². The number of β-amino-alcohol motifs (C(OH)–C–C–N with tert-alkyl or cyclic N) is 1. The zero-order chi connectivity index (χ0) is 14.8. The van der Waals surface area contributed by atoms with Crippen LogP contribution in [0.4, 0.5) is 0 Å². The maximum absolute atomic E-state index is 10.5. The summed E-state index contributed by atoms with van der Waals surface area (Å²) in [5.41, 5.74) is 2.31. The molecule has 0 radical (unpaired) electrons. The number of hydrogen-bond acceptors (Lipinski definition) is 3. The van der Waals surface area contributed by atoms with E-state index in [9.17, 15) is 5.11 Å². The molecule has 0 spiro atoms. The Morgan fingerprint density at radius 2 is 1.80 bits per heavy atom. The number of nitrogens with zero attached hydrogens (tertiary/aromatic N) is 1. The predicted octanol–water partition coefficient (Wildman–Crippen LogP) is 2.95. The molecule has 0 aromatic heterocycles. The smallest absolute Gasteiger partial charge is 0.0917 e. The molecule has 1 unspecified atom stereocenters. The Bertz CT molecular complexity index is 425. The van der Waals surface area contributed by atoms with Gasteiger partial charge in [-0.3, -0.25) is 4.90 Å². The minimum absolute atomic E-state index is 0.00287. The van der Waals surface area contributed by atoms with Gasteiger partial charge in [0.05, 0.1) is 19.3 Å². The second-order valence-corrected chi connectivity index (χ2v) is 6.65. The molecule has 0 amide bonds. The van der Waals surface area contributed by atoms with E-state index in [1.54, 1.807) is 0 Å². The topological polar surface area (TPSA) is 32.7 Å². The van der Waals surface area contributed by atoms with Gasteiger partial charge in [0, 0.05) is 18.6 Å². The van der Waals surface area contributed by atoms with Gasteiger partial charge in [0.2, 0.25) is 0 Å². The fraction of sp³-hybridized carbons (Fsp3) is 0.647. The lowest BCUT2D eigenvalue weighted by atomic mass is 9.98. The second-order valence-electron chi connectivity index (χ2n) is 6.65. The van der Waals surface area contributed by atoms with Crippen LogP contribution >= 0.6 is 0 Å². The van der Waals surface area contributed by atoms with E-state index in [1.165, 1.54) is 5.56 Å². The van der Waals surface area contributed by atoms with E-state index in [0.717, 1.165) is 25.3 Å². The van der Waals surface area contributed by atoms with Gasteiger partial charge in [0.15, 0.2) is 0 Å². The SMILES string of the molecule is CC(C)c1ccc(C(O)CN2CCOCC2(C)C)cc1. The summed E-state index contributed by atoms with van der Waals surface area (Å²) in [4.78, 5) is 2.32. The fourth-order valence-electron chi connectivity index (χ4n) is 2.65. The number of benzene rings is 1. The molecule has 1 atom stereocenters. The lowest BCUT2D eigenvalue weighted by Gasteiger charge is -2.43. The van der Waals surface area contributed by atoms with E-state index in [2.05, 4.69) is 44.7 Å². The maximum Gasteiger partial charge on any atom is 0.0917 e. The van der Waals surface area contributed by atoms with Crippen LogP contribution in [0.1, 0.15) is 50.8 Å². The summed E-state index contributed by atoms with van der Waals surface area (Å²) in [6, 6.07) is 8.34. The first-order valence-corrected chi connectivity index (χ1v) is 7.51. The highest BCUT2D eigenvalue weighted by molar-refractivity contribution is 5.26. The molecular formula is C17H27NO2. The van der Waals surface area contributed by atoms with Crippen LogP contribution in [0, 0.1) is 0 Å². The largest absolute Gasteiger partial charge is 0.387 e. The Hall–Kier alpha value is -0.900. The Labute approximate surface area is 122 Å². The van der Waals surface area contributed by atoms with Gasteiger partial charge in [-0.25, -0.2) is 0 Å². The zero-order valence-electron chi connectivity index (χ0n) is 13.1. The van der Waals surface area contributed by atoms with Gasteiger partial charge in [-0.2, -0.15) is 0 Å². The molecule has 3 nitrogen and oxygen atoms in total. The summed E-state index contributed by atoms with van der Waals surface area (Å²) in [5.74, 6) is 0.527. The first kappa shape index (κ1) is 15.5. The second kappa shape index (κ2) is 6.25. The summed E-state index contributed by atoms with van der Waals surface area (Å²) in [5, 5.41) is 10.5. The average Bonchev–Trinajstić information content (AvgIpc) is 2.41. The van der Waals surface area contributed by atoms with Gasteiger partial charge in [0.25, 0.3) is 0 Å². The van der Waals surface area contributed by atoms with Crippen LogP contribution in [-0.4, -0.2) is 41.8 Å². The van der Waals surface area contributed by atoms with Gasteiger partial charge in [-0.1, -0.05) is 38.1 Å². The number of aliphatic hydroxyl groups excluding tert-OH is 1. The third-order valence-electron chi connectivity index (χ3n) is 4.20. The van der Waals surface area contributed by atoms with Crippen LogP contribution in [-0.2, 0) is 4.74 Å². The monoisotopic (exact) mass is 277 g/mol. The third-order valence-corrected chi connectivity index (χ3v) is 4.20. The summed E-state index contributed by atoms with van der Waals surface area (Å²) in [7, 11) is 0. The number of morpholine rings is 1. The van der Waals surface area contributed by atoms with Gasteiger partial charge in [-0.05, 0) is 30.9 Å². The molecule has 2 rings (SSSR count). The molecule has 0 bridgehead atoms. The molecule has 0 aliphatic carbocycles. The molecule has 1 saturated heterocycles. The predicted molar refractivity (Wildman–Crippen MR) is 82.0 cm³/mol. The maximum atomic E-state index is 10.5. The minimum Gasteiger partial charge on any atom is -0.387 e. The highest BCUT2D eigenvalue weighted by Gasteiger charge is 2.31. The van der Waals surface area contributed by atoms with Crippen LogP contribution in [0.2, 0.25) is 0 Å². The van der Waals surface area contributed by atoms with Crippen molar-refractivity contribution in [3.63, 3.8) is 0 Å². The summed E-state index contributed by atoms with van der Waals surface area (Å²) < 4.78 is 5.52. The van der Waals surface area contributed by atoms with Gasteiger partial charge in [-0.15, -0.1) is 0 Å². The summed E-state index contributed by atoms with van der Waals surface area (Å²) in [6.07, 6.45) is -0.436. The Morgan fingerprint density at radius 3 is 2.35 bits per heavy atom. The highest BCUT2D eigenvalue weighted by Crippen LogP contribution is 2.24. The van der Waals surface area contributed by atoms with Crippen molar-refractivity contribution in [3.05, 3.63) is 35.4 Å². The van der Waals surface area contributed by atoms with E-state index >= 15 is 0 Å². The lowest BCUT2D eigenvalue weighted by Crippen LogP contribution is -2.54. The van der Waals surface area contributed by atoms with E-state index in [-0.39, 0.29) is 5.54 Å².